The first-order chi connectivity index (χ1) is 15.8. The lowest BCUT2D eigenvalue weighted by molar-refractivity contribution is 0.454. The van der Waals surface area contributed by atoms with Crippen molar-refractivity contribution < 1.29 is 13.5 Å². The molecule has 3 heterocycles. The van der Waals surface area contributed by atoms with Crippen molar-refractivity contribution in [3.05, 3.63) is 69.0 Å². The Balaban J connectivity index is 1.69. The van der Waals surface area contributed by atoms with Crippen molar-refractivity contribution in [1.82, 2.24) is 24.6 Å². The number of nitrogens with zero attached hydrogens (tertiary/aromatic N) is 4. The van der Waals surface area contributed by atoms with Crippen LogP contribution in [-0.2, 0) is 15.6 Å². The Labute approximate surface area is 188 Å². The molecular formula is C22H22N6O4S. The quantitative estimate of drug-likeness (QED) is 0.381. The number of H-pyrrole nitrogens is 2. The second kappa shape index (κ2) is 8.00. The summed E-state index contributed by atoms with van der Waals surface area (Å²) < 4.78 is 25.8. The third-order valence-electron chi connectivity index (χ3n) is 5.43. The molecule has 0 unspecified atom stereocenters. The largest absolute Gasteiger partial charge is 0.493 e. The molecule has 5 rings (SSSR count). The van der Waals surface area contributed by atoms with Crippen LogP contribution in [0.4, 0.5) is 0 Å². The number of aromatic nitrogens is 5. The molecule has 0 spiro atoms. The SMILES string of the molecule is CCS(=O)(=O)Cc1cccc(-c2cc(=NC3CC3)n3ncc(=Cc4[nH]c(=O)[nH]c4O)c3n2)c1. The highest BCUT2D eigenvalue weighted by Gasteiger charge is 2.20. The fourth-order valence-electron chi connectivity index (χ4n) is 3.52. The molecular weight excluding hydrogens is 444 g/mol. The summed E-state index contributed by atoms with van der Waals surface area (Å²) in [4.78, 5) is 25.8. The van der Waals surface area contributed by atoms with Crippen molar-refractivity contribution in [3.8, 4) is 17.1 Å². The van der Waals surface area contributed by atoms with E-state index in [0.29, 0.717) is 27.6 Å². The molecule has 0 amide bonds. The average molecular weight is 467 g/mol. The lowest BCUT2D eigenvalue weighted by atomic mass is 10.1. The van der Waals surface area contributed by atoms with Crippen LogP contribution in [0, 0.1) is 0 Å². The van der Waals surface area contributed by atoms with E-state index in [4.69, 9.17) is 9.98 Å². The van der Waals surface area contributed by atoms with Crippen LogP contribution in [0.2, 0.25) is 0 Å². The van der Waals surface area contributed by atoms with Crippen molar-refractivity contribution in [2.75, 3.05) is 5.75 Å². The molecule has 1 aromatic carbocycles. The van der Waals surface area contributed by atoms with Crippen molar-refractivity contribution in [2.45, 2.75) is 31.6 Å². The van der Waals surface area contributed by atoms with Crippen molar-refractivity contribution in [2.24, 2.45) is 4.99 Å². The maximum absolute atomic E-state index is 12.1. The summed E-state index contributed by atoms with van der Waals surface area (Å²) in [6.45, 7) is 1.63. The maximum atomic E-state index is 12.1. The number of aromatic amines is 2. The van der Waals surface area contributed by atoms with Gasteiger partial charge in [0.15, 0.2) is 21.0 Å². The summed E-state index contributed by atoms with van der Waals surface area (Å²) in [6, 6.07) is 9.37. The van der Waals surface area contributed by atoms with Gasteiger partial charge in [0.25, 0.3) is 0 Å². The van der Waals surface area contributed by atoms with Gasteiger partial charge in [0, 0.05) is 22.6 Å². The van der Waals surface area contributed by atoms with Gasteiger partial charge in [-0.15, -0.1) is 0 Å². The van der Waals surface area contributed by atoms with Gasteiger partial charge in [-0.3, -0.25) is 9.98 Å². The average Bonchev–Trinajstić information content (AvgIpc) is 3.41. The first-order valence-electron chi connectivity index (χ1n) is 10.6. The first-order valence-corrected chi connectivity index (χ1v) is 12.4. The Hall–Kier alpha value is -3.73. The second-order valence-electron chi connectivity index (χ2n) is 8.06. The molecule has 0 radical (unpaired) electrons. The van der Waals surface area contributed by atoms with E-state index in [1.165, 1.54) is 0 Å². The molecule has 1 saturated carbocycles. The molecule has 0 bridgehead atoms. The van der Waals surface area contributed by atoms with Gasteiger partial charge >= 0.3 is 5.69 Å². The fraction of sp³-hybridized carbons (Fsp3) is 0.273. The van der Waals surface area contributed by atoms with Crippen molar-refractivity contribution in [1.29, 1.82) is 0 Å². The van der Waals surface area contributed by atoms with E-state index in [-0.39, 0.29) is 29.1 Å². The van der Waals surface area contributed by atoms with Crippen LogP contribution in [0.3, 0.4) is 0 Å². The maximum Gasteiger partial charge on any atom is 0.326 e. The Kier molecular flexibility index (Phi) is 5.12. The molecule has 3 aromatic heterocycles. The van der Waals surface area contributed by atoms with Crippen LogP contribution in [0.15, 0.2) is 46.3 Å². The molecule has 0 saturated heterocycles. The molecule has 10 nitrogen and oxygen atoms in total. The van der Waals surface area contributed by atoms with E-state index >= 15 is 0 Å². The van der Waals surface area contributed by atoms with Crippen LogP contribution in [0.25, 0.3) is 23.0 Å². The van der Waals surface area contributed by atoms with Gasteiger partial charge in [0.1, 0.15) is 5.69 Å². The Morgan fingerprint density at radius 1 is 1.27 bits per heavy atom. The first kappa shape index (κ1) is 21.1. The van der Waals surface area contributed by atoms with E-state index in [1.54, 1.807) is 29.8 Å². The minimum absolute atomic E-state index is 0.0370. The molecule has 4 aromatic rings. The smallest absolute Gasteiger partial charge is 0.326 e. The predicted molar refractivity (Wildman–Crippen MR) is 122 cm³/mol. The number of benzene rings is 1. The van der Waals surface area contributed by atoms with Gasteiger partial charge in [0.05, 0.1) is 23.7 Å². The third-order valence-corrected chi connectivity index (χ3v) is 7.08. The van der Waals surface area contributed by atoms with Gasteiger partial charge in [-0.05, 0) is 30.5 Å². The third kappa shape index (κ3) is 4.44. The van der Waals surface area contributed by atoms with E-state index < -0.39 is 15.5 Å². The number of rotatable bonds is 6. The lowest BCUT2D eigenvalue weighted by Crippen LogP contribution is -2.19. The number of imidazole rings is 1. The fourth-order valence-corrected chi connectivity index (χ4v) is 4.41. The van der Waals surface area contributed by atoms with Gasteiger partial charge in [-0.25, -0.2) is 18.2 Å². The zero-order chi connectivity index (χ0) is 23.2. The molecule has 1 aliphatic rings. The summed E-state index contributed by atoms with van der Waals surface area (Å²) in [7, 11) is -3.17. The molecule has 1 aliphatic carbocycles. The molecule has 11 heteroatoms. The summed E-state index contributed by atoms with van der Waals surface area (Å²) in [5.41, 5.74) is 2.90. The highest BCUT2D eigenvalue weighted by molar-refractivity contribution is 7.90. The van der Waals surface area contributed by atoms with Gasteiger partial charge in [-0.2, -0.15) is 9.61 Å². The number of aromatic hydroxyl groups is 1. The molecule has 3 N–H and O–H groups in total. The molecule has 0 aliphatic heterocycles. The van der Waals surface area contributed by atoms with E-state index in [1.807, 2.05) is 24.3 Å². The van der Waals surface area contributed by atoms with Crippen molar-refractivity contribution >= 4 is 21.6 Å². The second-order valence-corrected chi connectivity index (χ2v) is 10.4. The van der Waals surface area contributed by atoms with E-state index in [2.05, 4.69) is 15.1 Å². The minimum atomic E-state index is -3.17. The van der Waals surface area contributed by atoms with E-state index in [9.17, 15) is 18.3 Å². The number of sulfone groups is 1. The number of hydrogen-bond donors (Lipinski definition) is 3. The minimum Gasteiger partial charge on any atom is -0.493 e. The van der Waals surface area contributed by atoms with Crippen LogP contribution < -0.4 is 16.4 Å². The lowest BCUT2D eigenvalue weighted by Gasteiger charge is -2.06. The van der Waals surface area contributed by atoms with Gasteiger partial charge in [-0.1, -0.05) is 25.1 Å². The number of fused-ring (bicyclic) bond motifs is 1. The van der Waals surface area contributed by atoms with E-state index in [0.717, 1.165) is 18.4 Å². The van der Waals surface area contributed by atoms with Crippen LogP contribution >= 0.6 is 0 Å². The topological polar surface area (TPSA) is 146 Å². The summed E-state index contributed by atoms with van der Waals surface area (Å²) >= 11 is 0. The molecule has 33 heavy (non-hydrogen) atoms. The van der Waals surface area contributed by atoms with Crippen molar-refractivity contribution in [3.63, 3.8) is 0 Å². The molecule has 170 valence electrons. The van der Waals surface area contributed by atoms with Crippen LogP contribution in [0.1, 0.15) is 31.0 Å². The molecule has 0 atom stereocenters. The Morgan fingerprint density at radius 2 is 2.09 bits per heavy atom. The zero-order valence-electron chi connectivity index (χ0n) is 17.8. The highest BCUT2D eigenvalue weighted by atomic mass is 32.2. The van der Waals surface area contributed by atoms with Crippen LogP contribution in [0.5, 0.6) is 5.88 Å². The predicted octanol–water partition coefficient (Wildman–Crippen LogP) is 0.664. The van der Waals surface area contributed by atoms with Crippen LogP contribution in [-0.4, -0.2) is 49.9 Å². The Morgan fingerprint density at radius 3 is 2.79 bits per heavy atom. The Bertz CT molecular complexity index is 1640. The number of nitrogens with one attached hydrogen (secondary N) is 2. The monoisotopic (exact) mass is 466 g/mol. The standard InChI is InChI=1S/C22H22N6O4S/c1-2-33(31,32)12-13-4-3-5-14(8-13)17-10-19(24-16-6-7-16)28-20(25-17)15(11-23-28)9-18-21(29)27-22(30)26-18/h3-5,8-11,16,29H,2,6-7,12H2,1H3,(H2,26,27,30). The summed E-state index contributed by atoms with van der Waals surface area (Å²) in [6.07, 6.45) is 5.20. The van der Waals surface area contributed by atoms with Gasteiger partial charge < -0.3 is 10.1 Å². The zero-order valence-corrected chi connectivity index (χ0v) is 18.6. The normalized spacial score (nSPS) is 15.5. The summed E-state index contributed by atoms with van der Waals surface area (Å²) in [5, 5.41) is 14.9. The highest BCUT2D eigenvalue weighted by Crippen LogP contribution is 2.23. The molecule has 1 fully saturated rings. The van der Waals surface area contributed by atoms with Gasteiger partial charge in [0.2, 0.25) is 5.88 Å². The summed E-state index contributed by atoms with van der Waals surface area (Å²) in [5.74, 6) is -0.233. The number of hydrogen-bond acceptors (Lipinski definition) is 7.